The van der Waals surface area contributed by atoms with E-state index < -0.39 is 22.7 Å². The predicted molar refractivity (Wildman–Crippen MR) is 137 cm³/mol. The summed E-state index contributed by atoms with van der Waals surface area (Å²) in [5, 5.41) is 2.58. The smallest absolute Gasteiger partial charge is 0.306 e. The standard InChI is InChI=1S/C15H20F3N.C9H6ClN5O2S/c1-19(2)14-8-4-6-12(10-14)11-5-3-7-13(9-11)15(16,17)18;10-9-6(1-2-8(13-9)14-16)18(17)15-7-3-4-11-5-12-7/h3,5,7,9,12,14H,4,6,8,10H2,1-2H3;1-5H,(H,11,12,15). The molecule has 198 valence electrons. The van der Waals surface area contributed by atoms with E-state index in [1.807, 2.05) is 20.2 Å². The van der Waals surface area contributed by atoms with Gasteiger partial charge in [0, 0.05) is 12.2 Å². The van der Waals surface area contributed by atoms with Gasteiger partial charge in [-0.05, 0) is 74.3 Å². The number of nitrogens with zero attached hydrogens (tertiary/aromatic N) is 5. The Labute approximate surface area is 220 Å². The first kappa shape index (κ1) is 28.6. The molecule has 0 amide bonds. The summed E-state index contributed by atoms with van der Waals surface area (Å²) in [6, 6.07) is 10.6. The zero-order valence-corrected chi connectivity index (χ0v) is 21.7. The Morgan fingerprint density at radius 1 is 1.16 bits per heavy atom. The van der Waals surface area contributed by atoms with E-state index in [1.54, 1.807) is 6.07 Å². The van der Waals surface area contributed by atoms with Gasteiger partial charge in [0.15, 0.2) is 16.8 Å². The van der Waals surface area contributed by atoms with Gasteiger partial charge in [-0.1, -0.05) is 36.2 Å². The predicted octanol–water partition coefficient (Wildman–Crippen LogP) is 6.35. The minimum absolute atomic E-state index is 0.0491. The number of alkyl halides is 3. The first-order chi connectivity index (χ1) is 17.6. The number of benzene rings is 1. The average Bonchev–Trinajstić information content (AvgIpc) is 2.89. The summed E-state index contributed by atoms with van der Waals surface area (Å²) in [5.41, 5.74) is 0.304. The molecular formula is C24H26ClF3N6O2S. The van der Waals surface area contributed by atoms with Gasteiger partial charge in [-0.15, -0.1) is 4.91 Å². The first-order valence-corrected chi connectivity index (χ1v) is 12.9. The second-order valence-electron chi connectivity index (χ2n) is 8.62. The summed E-state index contributed by atoms with van der Waals surface area (Å²) >= 11 is 5.79. The maximum atomic E-state index is 12.7. The van der Waals surface area contributed by atoms with Crippen LogP contribution in [-0.2, 0) is 17.2 Å². The number of aromatic nitrogens is 3. The third-order valence-corrected chi connectivity index (χ3v) is 7.46. The summed E-state index contributed by atoms with van der Waals surface area (Å²) < 4.78 is 52.8. The van der Waals surface area contributed by atoms with E-state index >= 15 is 0 Å². The van der Waals surface area contributed by atoms with Crippen LogP contribution in [-0.4, -0.2) is 44.2 Å². The van der Waals surface area contributed by atoms with Gasteiger partial charge in [-0.3, -0.25) is 4.72 Å². The highest BCUT2D eigenvalue weighted by Gasteiger charge is 2.32. The highest BCUT2D eigenvalue weighted by molar-refractivity contribution is 7.86. The molecule has 13 heteroatoms. The molecule has 1 fully saturated rings. The van der Waals surface area contributed by atoms with Gasteiger partial charge in [0.1, 0.15) is 17.3 Å². The molecule has 3 unspecified atom stereocenters. The van der Waals surface area contributed by atoms with Gasteiger partial charge in [0.25, 0.3) is 0 Å². The fourth-order valence-corrected chi connectivity index (χ4v) is 5.18. The van der Waals surface area contributed by atoms with Gasteiger partial charge in [-0.2, -0.15) is 13.2 Å². The van der Waals surface area contributed by atoms with Crippen LogP contribution in [0.3, 0.4) is 0 Å². The molecule has 2 aromatic heterocycles. The lowest BCUT2D eigenvalue weighted by atomic mass is 9.80. The lowest BCUT2D eigenvalue weighted by Gasteiger charge is -2.33. The summed E-state index contributed by atoms with van der Waals surface area (Å²) in [5.74, 6) is 0.572. The van der Waals surface area contributed by atoms with Crippen molar-refractivity contribution < 1.29 is 17.4 Å². The third-order valence-electron chi connectivity index (χ3n) is 5.93. The molecule has 8 nitrogen and oxygen atoms in total. The van der Waals surface area contributed by atoms with Crippen LogP contribution in [0.1, 0.15) is 42.7 Å². The molecule has 3 aromatic rings. The number of nitroso groups, excluding NO2 is 1. The SMILES string of the molecule is CN(C)C1CCCC(c2cccc(C(F)(F)F)c2)C1.O=Nc1ccc(S(=O)Nc2ccncn2)c(Cl)n1. The summed E-state index contributed by atoms with van der Waals surface area (Å²) in [7, 11) is 2.45. The second-order valence-corrected chi connectivity index (χ2v) is 10.2. The molecule has 1 N–H and O–H groups in total. The largest absolute Gasteiger partial charge is 0.416 e. The Morgan fingerprint density at radius 3 is 2.57 bits per heavy atom. The van der Waals surface area contributed by atoms with Crippen molar-refractivity contribution in [3.8, 4) is 0 Å². The van der Waals surface area contributed by atoms with Crippen LogP contribution in [0.25, 0.3) is 0 Å². The van der Waals surface area contributed by atoms with Crippen LogP contribution in [0, 0.1) is 4.91 Å². The van der Waals surface area contributed by atoms with E-state index in [4.69, 9.17) is 11.6 Å². The maximum absolute atomic E-state index is 12.7. The van der Waals surface area contributed by atoms with Crippen LogP contribution in [0.15, 0.2) is 65.1 Å². The molecule has 0 aliphatic heterocycles. The number of pyridine rings is 1. The summed E-state index contributed by atoms with van der Waals surface area (Å²) in [4.78, 5) is 23.9. The zero-order valence-electron chi connectivity index (χ0n) is 20.2. The van der Waals surface area contributed by atoms with Crippen LogP contribution in [0.4, 0.5) is 24.8 Å². The fraction of sp³-hybridized carbons (Fsp3) is 0.375. The molecular weight excluding hydrogens is 529 g/mol. The lowest BCUT2D eigenvalue weighted by molar-refractivity contribution is -0.137. The van der Waals surface area contributed by atoms with E-state index in [0.29, 0.717) is 11.9 Å². The fourth-order valence-electron chi connectivity index (χ4n) is 4.01. The number of hydrogen-bond donors (Lipinski definition) is 1. The molecule has 1 saturated carbocycles. The monoisotopic (exact) mass is 554 g/mol. The highest BCUT2D eigenvalue weighted by Crippen LogP contribution is 2.37. The molecule has 1 aromatic carbocycles. The topological polar surface area (TPSA) is 100 Å². The first-order valence-electron chi connectivity index (χ1n) is 11.4. The molecule has 4 rings (SSSR count). The molecule has 3 atom stereocenters. The van der Waals surface area contributed by atoms with E-state index in [2.05, 4.69) is 29.8 Å². The maximum Gasteiger partial charge on any atom is 0.416 e. The van der Waals surface area contributed by atoms with Crippen molar-refractivity contribution in [3.63, 3.8) is 0 Å². The van der Waals surface area contributed by atoms with Crippen molar-refractivity contribution in [2.75, 3.05) is 18.8 Å². The molecule has 0 radical (unpaired) electrons. The third kappa shape index (κ3) is 8.27. The minimum atomic E-state index is -4.24. The second kappa shape index (κ2) is 13.0. The highest BCUT2D eigenvalue weighted by atomic mass is 35.5. The van der Waals surface area contributed by atoms with Gasteiger partial charge < -0.3 is 4.90 Å². The van der Waals surface area contributed by atoms with E-state index in [0.717, 1.165) is 37.3 Å². The van der Waals surface area contributed by atoms with Crippen molar-refractivity contribution in [1.29, 1.82) is 0 Å². The molecule has 1 aliphatic carbocycles. The molecule has 37 heavy (non-hydrogen) atoms. The quantitative estimate of drug-likeness (QED) is 0.281. The van der Waals surface area contributed by atoms with Gasteiger partial charge in [-0.25, -0.2) is 19.2 Å². The number of hydrogen-bond acceptors (Lipinski definition) is 7. The number of rotatable bonds is 6. The summed E-state index contributed by atoms with van der Waals surface area (Å²) in [6.45, 7) is 0. The van der Waals surface area contributed by atoms with Crippen molar-refractivity contribution in [2.24, 2.45) is 5.18 Å². The minimum Gasteiger partial charge on any atom is -0.306 e. The van der Waals surface area contributed by atoms with Crippen LogP contribution >= 0.6 is 11.6 Å². The zero-order chi connectivity index (χ0) is 27.0. The molecule has 0 spiro atoms. The number of halogens is 4. The van der Waals surface area contributed by atoms with Crippen molar-refractivity contribution >= 4 is 34.2 Å². The Morgan fingerprint density at radius 2 is 1.95 bits per heavy atom. The van der Waals surface area contributed by atoms with Crippen LogP contribution < -0.4 is 4.72 Å². The average molecular weight is 555 g/mol. The Hall–Kier alpha value is -2.96. The Balaban J connectivity index is 0.000000206. The van der Waals surface area contributed by atoms with Crippen molar-refractivity contribution in [1.82, 2.24) is 19.9 Å². The van der Waals surface area contributed by atoms with Crippen LogP contribution in [0.5, 0.6) is 0 Å². The molecule has 1 aliphatic rings. The van der Waals surface area contributed by atoms with Crippen molar-refractivity contribution in [2.45, 2.75) is 48.7 Å². The lowest BCUT2D eigenvalue weighted by Crippen LogP contribution is -2.32. The molecule has 2 heterocycles. The van der Waals surface area contributed by atoms with Gasteiger partial charge >= 0.3 is 6.18 Å². The van der Waals surface area contributed by atoms with E-state index in [-0.39, 0.29) is 21.8 Å². The van der Waals surface area contributed by atoms with Gasteiger partial charge in [0.2, 0.25) is 0 Å². The van der Waals surface area contributed by atoms with Crippen molar-refractivity contribution in [3.05, 3.63) is 76.2 Å². The molecule has 0 bridgehead atoms. The van der Waals surface area contributed by atoms with E-state index in [9.17, 15) is 22.3 Å². The normalized spacial score (nSPS) is 18.5. The number of anilines is 1. The Kier molecular flexibility index (Phi) is 10.1. The van der Waals surface area contributed by atoms with Gasteiger partial charge in [0.05, 0.1) is 10.5 Å². The Bertz CT molecular complexity index is 1220. The van der Waals surface area contributed by atoms with Crippen LogP contribution in [0.2, 0.25) is 5.15 Å². The van der Waals surface area contributed by atoms with E-state index in [1.165, 1.54) is 36.8 Å². The molecule has 0 saturated heterocycles. The summed E-state index contributed by atoms with van der Waals surface area (Å²) in [6.07, 6.45) is 2.75. The number of nitrogens with one attached hydrogen (secondary N) is 1.